The summed E-state index contributed by atoms with van der Waals surface area (Å²) >= 11 is 1.38. The van der Waals surface area contributed by atoms with Gasteiger partial charge in [0, 0.05) is 19.8 Å². The summed E-state index contributed by atoms with van der Waals surface area (Å²) in [5.41, 5.74) is 1.94. The highest BCUT2D eigenvalue weighted by molar-refractivity contribution is 7.98. The number of nitrogens with zero attached hydrogens (tertiary/aromatic N) is 3. The van der Waals surface area contributed by atoms with Crippen molar-refractivity contribution in [2.75, 3.05) is 20.7 Å². The number of aromatic nitrogens is 2. The van der Waals surface area contributed by atoms with Gasteiger partial charge >= 0.3 is 0 Å². The Morgan fingerprint density at radius 1 is 1.00 bits per heavy atom. The molecular formula is C25H25N3O4S2. The van der Waals surface area contributed by atoms with E-state index in [2.05, 4.69) is 0 Å². The molecule has 0 radical (unpaired) electrons. The molecule has 0 N–H and O–H groups in total. The number of benzene rings is 3. The number of para-hydroxylation sites is 1. The Balaban J connectivity index is 1.74. The van der Waals surface area contributed by atoms with E-state index in [1.165, 1.54) is 30.2 Å². The van der Waals surface area contributed by atoms with Crippen molar-refractivity contribution in [3.8, 4) is 11.4 Å². The molecule has 0 bridgehead atoms. The minimum Gasteiger partial charge on any atom is -0.494 e. The van der Waals surface area contributed by atoms with Crippen LogP contribution in [0.2, 0.25) is 0 Å². The number of ether oxygens (including phenoxy) is 1. The van der Waals surface area contributed by atoms with Crippen LogP contribution in [0.5, 0.6) is 5.75 Å². The Bertz CT molecular complexity index is 1480. The Labute approximate surface area is 203 Å². The lowest BCUT2D eigenvalue weighted by Crippen LogP contribution is -2.22. The molecule has 0 aliphatic rings. The number of thioether (sulfide) groups is 1. The van der Waals surface area contributed by atoms with Crippen molar-refractivity contribution in [2.45, 2.75) is 22.7 Å². The molecule has 0 aliphatic carbocycles. The highest BCUT2D eigenvalue weighted by Gasteiger charge is 2.18. The zero-order valence-electron chi connectivity index (χ0n) is 19.1. The first-order chi connectivity index (χ1) is 16.3. The second kappa shape index (κ2) is 10.0. The van der Waals surface area contributed by atoms with E-state index in [0.29, 0.717) is 34.1 Å². The van der Waals surface area contributed by atoms with Crippen molar-refractivity contribution in [3.05, 3.63) is 88.7 Å². The summed E-state index contributed by atoms with van der Waals surface area (Å²) in [7, 11) is -0.526. The lowest BCUT2D eigenvalue weighted by atomic mass is 10.2. The van der Waals surface area contributed by atoms with E-state index < -0.39 is 10.0 Å². The number of hydrogen-bond donors (Lipinski definition) is 0. The van der Waals surface area contributed by atoms with Gasteiger partial charge in [-0.05, 0) is 61.0 Å². The highest BCUT2D eigenvalue weighted by atomic mass is 32.2. The molecule has 0 amide bonds. The maximum Gasteiger partial charge on any atom is 0.266 e. The van der Waals surface area contributed by atoms with Crippen LogP contribution in [0.1, 0.15) is 12.5 Å². The molecule has 0 spiro atoms. The molecule has 1 aromatic heterocycles. The molecule has 0 atom stereocenters. The van der Waals surface area contributed by atoms with Gasteiger partial charge in [-0.15, -0.1) is 0 Å². The molecule has 0 unspecified atom stereocenters. The van der Waals surface area contributed by atoms with Crippen LogP contribution in [0.4, 0.5) is 0 Å². The molecule has 0 saturated carbocycles. The molecule has 9 heteroatoms. The fourth-order valence-electron chi connectivity index (χ4n) is 3.45. The summed E-state index contributed by atoms with van der Waals surface area (Å²) in [6.07, 6.45) is 0. The van der Waals surface area contributed by atoms with E-state index in [1.807, 2.05) is 55.5 Å². The van der Waals surface area contributed by atoms with Gasteiger partial charge in [-0.1, -0.05) is 36.0 Å². The maximum absolute atomic E-state index is 13.4. The Hall–Kier alpha value is -3.14. The van der Waals surface area contributed by atoms with Crippen LogP contribution in [0, 0.1) is 0 Å². The molecule has 1 heterocycles. The second-order valence-electron chi connectivity index (χ2n) is 7.70. The maximum atomic E-state index is 13.4. The second-order valence-corrected chi connectivity index (χ2v) is 10.8. The van der Waals surface area contributed by atoms with E-state index in [4.69, 9.17) is 9.72 Å². The van der Waals surface area contributed by atoms with Crippen LogP contribution in [0.25, 0.3) is 16.6 Å². The van der Waals surface area contributed by atoms with Crippen LogP contribution >= 0.6 is 11.8 Å². The van der Waals surface area contributed by atoms with Gasteiger partial charge in [-0.2, -0.15) is 0 Å². The standard InChI is InChI=1S/C25H25N3O4S2/c1-4-32-20-14-12-19(13-15-20)28-24(29)22-10-5-6-11-23(22)26-25(28)33-17-18-8-7-9-21(16-18)34(30,31)27(2)3/h5-16H,4,17H2,1-3H3. The molecule has 0 aliphatic heterocycles. The van der Waals surface area contributed by atoms with Crippen LogP contribution < -0.4 is 10.3 Å². The predicted octanol–water partition coefficient (Wildman–Crippen LogP) is 4.33. The summed E-state index contributed by atoms with van der Waals surface area (Å²) < 4.78 is 33.3. The zero-order valence-corrected chi connectivity index (χ0v) is 20.8. The average molecular weight is 496 g/mol. The SMILES string of the molecule is CCOc1ccc(-n2c(SCc3cccc(S(=O)(=O)N(C)C)c3)nc3ccccc3c2=O)cc1. The van der Waals surface area contributed by atoms with Gasteiger partial charge in [0.1, 0.15) is 5.75 Å². The van der Waals surface area contributed by atoms with Gasteiger partial charge in [0.2, 0.25) is 10.0 Å². The summed E-state index contributed by atoms with van der Waals surface area (Å²) in [5, 5.41) is 1.05. The Morgan fingerprint density at radius 2 is 1.74 bits per heavy atom. The van der Waals surface area contributed by atoms with Crippen LogP contribution in [0.3, 0.4) is 0 Å². The number of rotatable bonds is 8. The Morgan fingerprint density at radius 3 is 2.44 bits per heavy atom. The largest absolute Gasteiger partial charge is 0.494 e. The Kier molecular flexibility index (Phi) is 7.06. The van der Waals surface area contributed by atoms with Crippen LogP contribution in [-0.2, 0) is 15.8 Å². The fraction of sp³-hybridized carbons (Fsp3) is 0.200. The minimum absolute atomic E-state index is 0.166. The summed E-state index contributed by atoms with van der Waals surface area (Å²) in [4.78, 5) is 18.4. The molecule has 3 aromatic carbocycles. The summed E-state index contributed by atoms with van der Waals surface area (Å²) in [5.74, 6) is 1.17. The number of sulfonamides is 1. The average Bonchev–Trinajstić information content (AvgIpc) is 2.84. The zero-order chi connectivity index (χ0) is 24.3. The smallest absolute Gasteiger partial charge is 0.266 e. The van der Waals surface area contributed by atoms with E-state index in [0.717, 1.165) is 11.3 Å². The van der Waals surface area contributed by atoms with Crippen molar-refractivity contribution >= 4 is 32.7 Å². The highest BCUT2D eigenvalue weighted by Crippen LogP contribution is 2.27. The van der Waals surface area contributed by atoms with Crippen molar-refractivity contribution in [1.82, 2.24) is 13.9 Å². The minimum atomic E-state index is -3.54. The van der Waals surface area contributed by atoms with E-state index in [-0.39, 0.29) is 10.5 Å². The lowest BCUT2D eigenvalue weighted by molar-refractivity contribution is 0.340. The topological polar surface area (TPSA) is 81.5 Å². The van der Waals surface area contributed by atoms with E-state index in [9.17, 15) is 13.2 Å². The van der Waals surface area contributed by atoms with Crippen LogP contribution in [0.15, 0.2) is 87.6 Å². The third-order valence-electron chi connectivity index (χ3n) is 5.20. The third-order valence-corrected chi connectivity index (χ3v) is 8.02. The van der Waals surface area contributed by atoms with Gasteiger partial charge in [-0.25, -0.2) is 17.7 Å². The first-order valence-electron chi connectivity index (χ1n) is 10.7. The summed E-state index contributed by atoms with van der Waals surface area (Å²) in [6, 6.07) is 21.4. The molecular weight excluding hydrogens is 470 g/mol. The molecule has 176 valence electrons. The molecule has 0 fully saturated rings. The van der Waals surface area contributed by atoms with Gasteiger partial charge in [-0.3, -0.25) is 9.36 Å². The molecule has 0 saturated heterocycles. The third kappa shape index (κ3) is 4.86. The molecule has 4 rings (SSSR count). The van der Waals surface area contributed by atoms with Crippen molar-refractivity contribution < 1.29 is 13.2 Å². The molecule has 4 aromatic rings. The molecule has 34 heavy (non-hydrogen) atoms. The molecule has 7 nitrogen and oxygen atoms in total. The van der Waals surface area contributed by atoms with Gasteiger partial charge in [0.25, 0.3) is 5.56 Å². The van der Waals surface area contributed by atoms with Gasteiger partial charge < -0.3 is 4.74 Å². The van der Waals surface area contributed by atoms with Gasteiger partial charge in [0.05, 0.1) is 28.1 Å². The van der Waals surface area contributed by atoms with Crippen LogP contribution in [-0.4, -0.2) is 43.0 Å². The quantitative estimate of drug-likeness (QED) is 0.267. The lowest BCUT2D eigenvalue weighted by Gasteiger charge is -2.15. The van der Waals surface area contributed by atoms with Gasteiger partial charge in [0.15, 0.2) is 5.16 Å². The van der Waals surface area contributed by atoms with E-state index in [1.54, 1.807) is 28.8 Å². The predicted molar refractivity (Wildman–Crippen MR) is 135 cm³/mol. The van der Waals surface area contributed by atoms with Crippen molar-refractivity contribution in [3.63, 3.8) is 0 Å². The first kappa shape index (κ1) is 24.0. The normalized spacial score (nSPS) is 11.8. The monoisotopic (exact) mass is 495 g/mol. The number of fused-ring (bicyclic) bond motifs is 1. The van der Waals surface area contributed by atoms with E-state index >= 15 is 0 Å². The first-order valence-corrected chi connectivity index (χ1v) is 13.1. The van der Waals surface area contributed by atoms with Crippen molar-refractivity contribution in [2.24, 2.45) is 0 Å². The summed E-state index contributed by atoms with van der Waals surface area (Å²) in [6.45, 7) is 2.47. The fourth-order valence-corrected chi connectivity index (χ4v) is 5.38. The van der Waals surface area contributed by atoms with Crippen molar-refractivity contribution in [1.29, 1.82) is 0 Å². The number of hydrogen-bond acceptors (Lipinski definition) is 6.